The van der Waals surface area contributed by atoms with Gasteiger partial charge in [0.15, 0.2) is 0 Å². The molecule has 7 nitrogen and oxygen atoms in total. The summed E-state index contributed by atoms with van der Waals surface area (Å²) in [5.41, 5.74) is 2.81. The molecule has 0 unspecified atom stereocenters. The summed E-state index contributed by atoms with van der Waals surface area (Å²) in [5.74, 6) is -0.349. The van der Waals surface area contributed by atoms with Gasteiger partial charge in [-0.2, -0.15) is 0 Å². The number of para-hydroxylation sites is 1. The van der Waals surface area contributed by atoms with Gasteiger partial charge in [0.25, 0.3) is 5.56 Å². The summed E-state index contributed by atoms with van der Waals surface area (Å²) in [6, 6.07) is 16.2. The van der Waals surface area contributed by atoms with Crippen molar-refractivity contribution in [2.24, 2.45) is 0 Å². The lowest BCUT2D eigenvalue weighted by atomic mass is 10.2. The van der Waals surface area contributed by atoms with Crippen LogP contribution < -0.4 is 16.7 Å². The molecule has 0 atom stereocenters. The fourth-order valence-electron chi connectivity index (χ4n) is 2.50. The van der Waals surface area contributed by atoms with E-state index in [4.69, 9.17) is 4.84 Å². The molecule has 1 amide bonds. The number of hydroxylamine groups is 1. The van der Waals surface area contributed by atoms with Crippen LogP contribution in [0.5, 0.6) is 0 Å². The number of carbonyl (C=O) groups is 1. The Kier molecular flexibility index (Phi) is 5.06. The van der Waals surface area contributed by atoms with Crippen LogP contribution in [-0.2, 0) is 22.8 Å². The lowest BCUT2D eigenvalue weighted by molar-refractivity contribution is -0.134. The zero-order valence-electron chi connectivity index (χ0n) is 13.4. The maximum Gasteiger partial charge on any atom is 0.328 e. The Balaban J connectivity index is 1.62. The summed E-state index contributed by atoms with van der Waals surface area (Å²) >= 11 is 0. The second-order valence-corrected chi connectivity index (χ2v) is 5.48. The van der Waals surface area contributed by atoms with Crippen molar-refractivity contribution in [3.05, 3.63) is 81.0 Å². The maximum atomic E-state index is 12.0. The molecule has 3 rings (SSSR count). The topological polar surface area (TPSA) is 93.2 Å². The van der Waals surface area contributed by atoms with E-state index in [0.29, 0.717) is 10.9 Å². The highest BCUT2D eigenvalue weighted by molar-refractivity contribution is 5.78. The number of aromatic amines is 1. The minimum absolute atomic E-state index is 0.0464. The number of nitrogens with one attached hydrogen (secondary N) is 2. The lowest BCUT2D eigenvalue weighted by Gasteiger charge is -2.10. The average Bonchev–Trinajstić information content (AvgIpc) is 2.62. The number of H-pyrrole nitrogens is 1. The van der Waals surface area contributed by atoms with E-state index in [2.05, 4.69) is 10.5 Å². The van der Waals surface area contributed by atoms with E-state index in [1.807, 2.05) is 30.3 Å². The van der Waals surface area contributed by atoms with Crippen molar-refractivity contribution in [3.63, 3.8) is 0 Å². The van der Waals surface area contributed by atoms with Crippen molar-refractivity contribution in [1.82, 2.24) is 15.0 Å². The fraction of sp³-hybridized carbons (Fsp3) is 0.167. The van der Waals surface area contributed by atoms with Crippen LogP contribution in [0.3, 0.4) is 0 Å². The number of aromatic nitrogens is 2. The highest BCUT2D eigenvalue weighted by Gasteiger charge is 2.09. The molecule has 0 saturated carbocycles. The minimum atomic E-state index is -0.540. The summed E-state index contributed by atoms with van der Waals surface area (Å²) < 4.78 is 1.37. The van der Waals surface area contributed by atoms with E-state index in [1.165, 1.54) is 4.57 Å². The molecule has 0 aliphatic carbocycles. The first-order chi connectivity index (χ1) is 12.1. The normalized spacial score (nSPS) is 10.7. The number of hydrogen-bond acceptors (Lipinski definition) is 4. The molecule has 0 spiro atoms. The highest BCUT2D eigenvalue weighted by atomic mass is 16.6. The Bertz CT molecular complexity index is 992. The molecule has 0 radical (unpaired) electrons. The summed E-state index contributed by atoms with van der Waals surface area (Å²) in [6.45, 7) is 0.394. The van der Waals surface area contributed by atoms with Crippen molar-refractivity contribution in [2.75, 3.05) is 0 Å². The average molecular weight is 339 g/mol. The fourth-order valence-corrected chi connectivity index (χ4v) is 2.50. The van der Waals surface area contributed by atoms with E-state index in [-0.39, 0.29) is 25.5 Å². The van der Waals surface area contributed by atoms with Crippen LogP contribution in [0.4, 0.5) is 0 Å². The van der Waals surface area contributed by atoms with Gasteiger partial charge in [0.05, 0.1) is 17.5 Å². The van der Waals surface area contributed by atoms with E-state index in [0.717, 1.165) is 5.56 Å². The lowest BCUT2D eigenvalue weighted by Crippen LogP contribution is -2.32. The Morgan fingerprint density at radius 3 is 2.56 bits per heavy atom. The van der Waals surface area contributed by atoms with Crippen LogP contribution in [0.2, 0.25) is 0 Å². The summed E-state index contributed by atoms with van der Waals surface area (Å²) in [5, 5.41) is 0.405. The predicted octanol–water partition coefficient (Wildman–Crippen LogP) is 1.33. The number of rotatable bonds is 6. The van der Waals surface area contributed by atoms with Crippen molar-refractivity contribution in [2.45, 2.75) is 19.6 Å². The summed E-state index contributed by atoms with van der Waals surface area (Å²) in [4.78, 5) is 43.1. The first-order valence-corrected chi connectivity index (χ1v) is 7.81. The number of nitrogens with zero attached hydrogens (tertiary/aromatic N) is 1. The molecule has 0 fully saturated rings. The first-order valence-electron chi connectivity index (χ1n) is 7.81. The smallest absolute Gasteiger partial charge is 0.293 e. The molecule has 25 heavy (non-hydrogen) atoms. The third kappa shape index (κ3) is 4.02. The maximum absolute atomic E-state index is 12.0. The van der Waals surface area contributed by atoms with Gasteiger partial charge in [-0.15, -0.1) is 0 Å². The number of carbonyl (C=O) groups excluding carboxylic acids is 1. The molecule has 128 valence electrons. The van der Waals surface area contributed by atoms with Crippen LogP contribution in [-0.4, -0.2) is 15.5 Å². The van der Waals surface area contributed by atoms with Crippen molar-refractivity contribution in [1.29, 1.82) is 0 Å². The molecule has 2 N–H and O–H groups in total. The van der Waals surface area contributed by atoms with Crippen molar-refractivity contribution in [3.8, 4) is 0 Å². The Morgan fingerprint density at radius 1 is 1.04 bits per heavy atom. The number of benzene rings is 2. The van der Waals surface area contributed by atoms with Crippen LogP contribution in [0.25, 0.3) is 10.9 Å². The number of fused-ring (bicyclic) bond motifs is 1. The SMILES string of the molecule is O=C(CCn1c(=O)[nH]c(=O)c2ccccc21)NOCc1ccccc1. The van der Waals surface area contributed by atoms with E-state index in [9.17, 15) is 14.4 Å². The van der Waals surface area contributed by atoms with E-state index >= 15 is 0 Å². The third-order valence-corrected chi connectivity index (χ3v) is 3.74. The van der Waals surface area contributed by atoms with Gasteiger partial charge in [-0.1, -0.05) is 42.5 Å². The molecule has 0 aliphatic heterocycles. The zero-order chi connectivity index (χ0) is 17.6. The number of aryl methyl sites for hydroxylation is 1. The summed E-state index contributed by atoms with van der Waals surface area (Å²) in [6.07, 6.45) is 0.0464. The van der Waals surface area contributed by atoms with Crippen LogP contribution >= 0.6 is 0 Å². The van der Waals surface area contributed by atoms with Gasteiger partial charge in [-0.25, -0.2) is 10.3 Å². The van der Waals surface area contributed by atoms with Gasteiger partial charge in [-0.05, 0) is 17.7 Å². The summed E-state index contributed by atoms with van der Waals surface area (Å²) in [7, 11) is 0. The van der Waals surface area contributed by atoms with Crippen LogP contribution in [0, 0.1) is 0 Å². The molecule has 2 aromatic carbocycles. The first kappa shape index (κ1) is 16.7. The quantitative estimate of drug-likeness (QED) is 0.663. The van der Waals surface area contributed by atoms with Gasteiger partial charge in [0.2, 0.25) is 5.91 Å². The molecule has 0 saturated heterocycles. The third-order valence-electron chi connectivity index (χ3n) is 3.74. The molecule has 0 bridgehead atoms. The molecule has 0 aliphatic rings. The molecule has 3 aromatic rings. The Labute approximate surface area is 142 Å². The molecule has 7 heteroatoms. The second-order valence-electron chi connectivity index (χ2n) is 5.48. The van der Waals surface area contributed by atoms with Gasteiger partial charge in [0.1, 0.15) is 0 Å². The highest BCUT2D eigenvalue weighted by Crippen LogP contribution is 2.07. The van der Waals surface area contributed by atoms with Gasteiger partial charge in [0, 0.05) is 13.0 Å². The van der Waals surface area contributed by atoms with Crippen molar-refractivity contribution < 1.29 is 9.63 Å². The van der Waals surface area contributed by atoms with Crippen LogP contribution in [0.1, 0.15) is 12.0 Å². The predicted molar refractivity (Wildman–Crippen MR) is 92.8 cm³/mol. The van der Waals surface area contributed by atoms with Crippen LogP contribution in [0.15, 0.2) is 64.2 Å². The van der Waals surface area contributed by atoms with Gasteiger partial charge >= 0.3 is 5.69 Å². The molecule has 1 aromatic heterocycles. The molecule has 1 heterocycles. The standard InChI is InChI=1S/C18H17N3O4/c22-16(20-25-12-13-6-2-1-3-7-13)10-11-21-15-9-5-4-8-14(15)17(23)19-18(21)24/h1-9H,10-12H2,(H,20,22)(H,19,23,24). The monoisotopic (exact) mass is 339 g/mol. The number of hydrogen-bond donors (Lipinski definition) is 2. The Morgan fingerprint density at radius 2 is 1.76 bits per heavy atom. The number of amides is 1. The largest absolute Gasteiger partial charge is 0.328 e. The van der Waals surface area contributed by atoms with Gasteiger partial charge in [-0.3, -0.25) is 24.0 Å². The van der Waals surface area contributed by atoms with Gasteiger partial charge < -0.3 is 0 Å². The molecular formula is C18H17N3O4. The second kappa shape index (κ2) is 7.59. The Hall–Kier alpha value is -3.19. The van der Waals surface area contributed by atoms with E-state index < -0.39 is 11.2 Å². The zero-order valence-corrected chi connectivity index (χ0v) is 13.4. The minimum Gasteiger partial charge on any atom is -0.293 e. The van der Waals surface area contributed by atoms with E-state index in [1.54, 1.807) is 24.3 Å². The molecular weight excluding hydrogens is 322 g/mol. The van der Waals surface area contributed by atoms with Crippen molar-refractivity contribution >= 4 is 16.8 Å².